The second-order valence-electron chi connectivity index (χ2n) is 3.09. The molecule has 0 aliphatic rings. The van der Waals surface area contributed by atoms with E-state index in [4.69, 9.17) is 21.1 Å². The summed E-state index contributed by atoms with van der Waals surface area (Å²) in [5.41, 5.74) is 1.11. The van der Waals surface area contributed by atoms with Gasteiger partial charge in [-0.05, 0) is 24.5 Å². The van der Waals surface area contributed by atoms with Crippen molar-refractivity contribution in [1.82, 2.24) is 0 Å². The summed E-state index contributed by atoms with van der Waals surface area (Å²) < 4.78 is 10.4. The number of hydrogen-bond donors (Lipinski definition) is 0. The van der Waals surface area contributed by atoms with E-state index in [0.717, 1.165) is 29.5 Å². The Morgan fingerprint density at radius 2 is 1.87 bits per heavy atom. The maximum atomic E-state index is 6.05. The van der Waals surface area contributed by atoms with Gasteiger partial charge in [0.05, 0.1) is 19.2 Å². The average Bonchev–Trinajstić information content (AvgIpc) is 2.26. The van der Waals surface area contributed by atoms with Crippen molar-refractivity contribution in [3.8, 4) is 11.5 Å². The van der Waals surface area contributed by atoms with Gasteiger partial charge in [-0.1, -0.05) is 27.5 Å². The number of halogens is 2. The Balaban J connectivity index is 2.98. The second-order valence-corrected chi connectivity index (χ2v) is 4.29. The van der Waals surface area contributed by atoms with Gasteiger partial charge in [0.25, 0.3) is 0 Å². The summed E-state index contributed by atoms with van der Waals surface area (Å²) in [5.74, 6) is 1.48. The third kappa shape index (κ3) is 3.28. The van der Waals surface area contributed by atoms with Gasteiger partial charge >= 0.3 is 0 Å². The zero-order valence-electron chi connectivity index (χ0n) is 8.85. The molecule has 1 aromatic rings. The normalized spacial score (nSPS) is 10.1. The summed E-state index contributed by atoms with van der Waals surface area (Å²) in [7, 11) is 3.25. The summed E-state index contributed by atoms with van der Waals surface area (Å²) >= 11 is 9.45. The van der Waals surface area contributed by atoms with Crippen LogP contribution in [-0.2, 0) is 6.42 Å². The first-order valence-corrected chi connectivity index (χ1v) is 6.19. The molecule has 0 atom stereocenters. The quantitative estimate of drug-likeness (QED) is 0.771. The Morgan fingerprint density at radius 1 is 1.20 bits per heavy atom. The molecule has 0 bridgehead atoms. The molecule has 0 radical (unpaired) electrons. The lowest BCUT2D eigenvalue weighted by atomic mass is 10.1. The van der Waals surface area contributed by atoms with Crippen LogP contribution < -0.4 is 9.47 Å². The summed E-state index contributed by atoms with van der Waals surface area (Å²) in [6.45, 7) is 0. The van der Waals surface area contributed by atoms with Crippen molar-refractivity contribution in [2.45, 2.75) is 12.8 Å². The molecule has 0 fully saturated rings. The fourth-order valence-corrected chi connectivity index (χ4v) is 1.92. The highest BCUT2D eigenvalue weighted by Gasteiger charge is 2.09. The van der Waals surface area contributed by atoms with Crippen LogP contribution in [0.25, 0.3) is 0 Å². The molecule has 84 valence electrons. The summed E-state index contributed by atoms with van der Waals surface area (Å²) in [6.07, 6.45) is 2.00. The number of alkyl halides is 1. The van der Waals surface area contributed by atoms with E-state index in [0.29, 0.717) is 10.8 Å². The van der Waals surface area contributed by atoms with Crippen molar-refractivity contribution < 1.29 is 9.47 Å². The van der Waals surface area contributed by atoms with E-state index in [9.17, 15) is 0 Å². The minimum absolute atomic E-state index is 0.628. The molecule has 15 heavy (non-hydrogen) atoms. The van der Waals surface area contributed by atoms with Crippen molar-refractivity contribution >= 4 is 27.5 Å². The zero-order valence-corrected chi connectivity index (χ0v) is 11.2. The van der Waals surface area contributed by atoms with Gasteiger partial charge < -0.3 is 9.47 Å². The summed E-state index contributed by atoms with van der Waals surface area (Å²) in [4.78, 5) is 0. The maximum absolute atomic E-state index is 6.05. The smallest absolute Gasteiger partial charge is 0.141 e. The molecule has 0 heterocycles. The lowest BCUT2D eigenvalue weighted by molar-refractivity contribution is 0.391. The number of aryl methyl sites for hydroxylation is 1. The lowest BCUT2D eigenvalue weighted by Crippen LogP contribution is -1.95. The Labute approximate surface area is 104 Å². The van der Waals surface area contributed by atoms with Crippen LogP contribution in [0.5, 0.6) is 11.5 Å². The molecule has 0 unspecified atom stereocenters. The van der Waals surface area contributed by atoms with Crippen molar-refractivity contribution in [1.29, 1.82) is 0 Å². The third-order valence-corrected chi connectivity index (χ3v) is 2.99. The van der Waals surface area contributed by atoms with E-state index in [1.165, 1.54) is 0 Å². The molecule has 2 nitrogen and oxygen atoms in total. The topological polar surface area (TPSA) is 18.5 Å². The van der Waals surface area contributed by atoms with E-state index in [-0.39, 0.29) is 0 Å². The monoisotopic (exact) mass is 292 g/mol. The molecule has 0 saturated heterocycles. The first kappa shape index (κ1) is 12.7. The van der Waals surface area contributed by atoms with Crippen LogP contribution in [0.3, 0.4) is 0 Å². The Morgan fingerprint density at radius 3 is 2.40 bits per heavy atom. The fraction of sp³-hybridized carbons (Fsp3) is 0.455. The molecule has 0 N–H and O–H groups in total. The number of rotatable bonds is 5. The minimum atomic E-state index is 0.628. The Kier molecular flexibility index (Phi) is 5.26. The van der Waals surface area contributed by atoms with Crippen LogP contribution in [0.4, 0.5) is 0 Å². The highest BCUT2D eigenvalue weighted by molar-refractivity contribution is 9.09. The van der Waals surface area contributed by atoms with Gasteiger partial charge in [-0.3, -0.25) is 0 Å². The van der Waals surface area contributed by atoms with Gasteiger partial charge in [0, 0.05) is 11.4 Å². The maximum Gasteiger partial charge on any atom is 0.141 e. The van der Waals surface area contributed by atoms with Gasteiger partial charge in [0.1, 0.15) is 11.5 Å². The van der Waals surface area contributed by atoms with Crippen molar-refractivity contribution in [3.63, 3.8) is 0 Å². The molecule has 4 heteroatoms. The van der Waals surface area contributed by atoms with Gasteiger partial charge in [-0.25, -0.2) is 0 Å². The molecular formula is C11H14BrClO2. The average molecular weight is 294 g/mol. The molecule has 1 rings (SSSR count). The lowest BCUT2D eigenvalue weighted by Gasteiger charge is -2.11. The summed E-state index contributed by atoms with van der Waals surface area (Å²) in [6, 6.07) is 3.73. The Bertz CT molecular complexity index is 329. The fourth-order valence-electron chi connectivity index (χ4n) is 1.38. The molecule has 0 aromatic heterocycles. The van der Waals surface area contributed by atoms with E-state index in [1.807, 2.05) is 12.1 Å². The SMILES string of the molecule is COc1cc(OC)c(CCCBr)cc1Cl. The standard InChI is InChI=1S/C11H14BrClO2/c1-14-10-7-11(15-2)9(13)6-8(10)4-3-5-12/h6-7H,3-5H2,1-2H3. The predicted molar refractivity (Wildman–Crippen MR) is 66.7 cm³/mol. The van der Waals surface area contributed by atoms with E-state index in [1.54, 1.807) is 14.2 Å². The van der Waals surface area contributed by atoms with Crippen molar-refractivity contribution in [2.75, 3.05) is 19.5 Å². The number of hydrogen-bond acceptors (Lipinski definition) is 2. The predicted octanol–water partition coefficient (Wildman–Crippen LogP) is 3.68. The van der Waals surface area contributed by atoms with Gasteiger partial charge in [0.2, 0.25) is 0 Å². The Hall–Kier alpha value is -0.410. The van der Waals surface area contributed by atoms with E-state index >= 15 is 0 Å². The van der Waals surface area contributed by atoms with Crippen LogP contribution in [0, 0.1) is 0 Å². The van der Waals surface area contributed by atoms with Crippen molar-refractivity contribution in [2.24, 2.45) is 0 Å². The number of methoxy groups -OCH3 is 2. The number of benzene rings is 1. The van der Waals surface area contributed by atoms with Crippen LogP contribution in [0.1, 0.15) is 12.0 Å². The van der Waals surface area contributed by atoms with E-state index in [2.05, 4.69) is 15.9 Å². The molecule has 0 aliphatic heterocycles. The van der Waals surface area contributed by atoms with Crippen LogP contribution >= 0.6 is 27.5 Å². The van der Waals surface area contributed by atoms with Crippen LogP contribution in [0.15, 0.2) is 12.1 Å². The van der Waals surface area contributed by atoms with Gasteiger partial charge in [-0.2, -0.15) is 0 Å². The van der Waals surface area contributed by atoms with Crippen molar-refractivity contribution in [3.05, 3.63) is 22.7 Å². The molecule has 0 aliphatic carbocycles. The third-order valence-electron chi connectivity index (χ3n) is 2.13. The zero-order chi connectivity index (χ0) is 11.3. The summed E-state index contributed by atoms with van der Waals surface area (Å²) in [5, 5.41) is 1.60. The minimum Gasteiger partial charge on any atom is -0.496 e. The van der Waals surface area contributed by atoms with E-state index < -0.39 is 0 Å². The molecule has 0 amide bonds. The first-order chi connectivity index (χ1) is 7.22. The largest absolute Gasteiger partial charge is 0.496 e. The number of ether oxygens (including phenoxy) is 2. The van der Waals surface area contributed by atoms with Gasteiger partial charge in [-0.15, -0.1) is 0 Å². The first-order valence-electron chi connectivity index (χ1n) is 4.69. The second kappa shape index (κ2) is 6.23. The molecule has 0 saturated carbocycles. The molecule has 1 aromatic carbocycles. The van der Waals surface area contributed by atoms with Gasteiger partial charge in [0.15, 0.2) is 0 Å². The molecular weight excluding hydrogens is 279 g/mol. The highest BCUT2D eigenvalue weighted by Crippen LogP contribution is 2.33. The highest BCUT2D eigenvalue weighted by atomic mass is 79.9. The van der Waals surface area contributed by atoms with Crippen LogP contribution in [0.2, 0.25) is 5.02 Å². The van der Waals surface area contributed by atoms with Crippen LogP contribution in [-0.4, -0.2) is 19.5 Å². The molecule has 0 spiro atoms.